The molecule has 1 aromatic heterocycles. The van der Waals surface area contributed by atoms with Crippen LogP contribution in [-0.2, 0) is 13.9 Å². The first-order valence-electron chi connectivity index (χ1n) is 12.4. The van der Waals surface area contributed by atoms with Crippen LogP contribution in [0.15, 0.2) is 76.4 Å². The summed E-state index contributed by atoms with van der Waals surface area (Å²) in [6, 6.07) is 20.9. The van der Waals surface area contributed by atoms with Crippen LogP contribution >= 0.6 is 0 Å². The Morgan fingerprint density at radius 3 is 2.06 bits per heavy atom. The number of aromatic amines is 1. The van der Waals surface area contributed by atoms with Crippen LogP contribution in [0, 0.1) is 12.8 Å². The first-order chi connectivity index (χ1) is 17.1. The molecule has 0 bridgehead atoms. The first-order valence-corrected chi connectivity index (χ1v) is 14.3. The van der Waals surface area contributed by atoms with Crippen molar-refractivity contribution in [2.24, 2.45) is 5.92 Å². The van der Waals surface area contributed by atoms with Crippen molar-refractivity contribution < 1.29 is 13.9 Å². The molecule has 0 radical (unpaired) electrons. The number of hydrogen-bond donors (Lipinski definition) is 1. The van der Waals surface area contributed by atoms with E-state index in [1.54, 1.807) is 14.0 Å². The number of hydrogen-bond acceptors (Lipinski definition) is 5. The molecule has 1 saturated heterocycles. The Balaban J connectivity index is 1.71. The van der Waals surface area contributed by atoms with Crippen LogP contribution in [-0.4, -0.2) is 43.8 Å². The SMILES string of the molecule is CO[C@@H]1[C@H](C)[C@@H](CO[Si](c2ccccc2)(c2ccccc2)C(C)(C)C)O[C@H]1n1cc(C)c(=O)[nH]c1=O. The van der Waals surface area contributed by atoms with Crippen LogP contribution in [0.4, 0.5) is 0 Å². The highest BCUT2D eigenvalue weighted by Crippen LogP contribution is 2.39. The summed E-state index contributed by atoms with van der Waals surface area (Å²) in [5.74, 6) is -0.0441. The zero-order valence-corrected chi connectivity index (χ0v) is 22.9. The van der Waals surface area contributed by atoms with Gasteiger partial charge in [0.25, 0.3) is 13.9 Å². The van der Waals surface area contributed by atoms with Gasteiger partial charge in [-0.25, -0.2) is 4.79 Å². The van der Waals surface area contributed by atoms with Crippen molar-refractivity contribution in [3.8, 4) is 0 Å². The van der Waals surface area contributed by atoms with E-state index in [0.29, 0.717) is 12.2 Å². The molecule has 1 aliphatic heterocycles. The smallest absolute Gasteiger partial charge is 0.330 e. The number of ether oxygens (including phenoxy) is 2. The van der Waals surface area contributed by atoms with Gasteiger partial charge in [0.15, 0.2) is 6.23 Å². The molecule has 0 unspecified atom stereocenters. The lowest BCUT2D eigenvalue weighted by atomic mass is 10.0. The molecule has 0 saturated carbocycles. The second kappa shape index (κ2) is 10.3. The number of aromatic nitrogens is 2. The molecule has 4 atom stereocenters. The Kier molecular flexibility index (Phi) is 7.52. The number of nitrogens with zero attached hydrogens (tertiary/aromatic N) is 1. The molecule has 8 heteroatoms. The van der Waals surface area contributed by atoms with Gasteiger partial charge in [-0.15, -0.1) is 0 Å². The molecule has 36 heavy (non-hydrogen) atoms. The Morgan fingerprint density at radius 2 is 1.56 bits per heavy atom. The van der Waals surface area contributed by atoms with Crippen molar-refractivity contribution >= 4 is 18.7 Å². The van der Waals surface area contributed by atoms with Gasteiger partial charge in [-0.2, -0.15) is 0 Å². The quantitative estimate of drug-likeness (QED) is 0.496. The standard InChI is InChI=1S/C28H36N2O5Si/c1-19-17-30(27(32)29-25(19)31)26-24(33-6)20(2)23(35-26)18-34-36(28(3,4)5,21-13-9-7-10-14-21)22-15-11-8-12-16-22/h7-17,20,23-24,26H,18H2,1-6H3,(H,29,31,32)/t20-,23-,24-,26-/m1/s1. The van der Waals surface area contributed by atoms with E-state index in [0.717, 1.165) is 0 Å². The summed E-state index contributed by atoms with van der Waals surface area (Å²) in [4.78, 5) is 26.9. The average Bonchev–Trinajstić information content (AvgIpc) is 3.17. The summed E-state index contributed by atoms with van der Waals surface area (Å²) in [6.45, 7) is 10.8. The van der Waals surface area contributed by atoms with Gasteiger partial charge >= 0.3 is 5.69 Å². The van der Waals surface area contributed by atoms with E-state index in [2.05, 4.69) is 81.2 Å². The fourth-order valence-electron chi connectivity index (χ4n) is 5.34. The van der Waals surface area contributed by atoms with E-state index in [1.165, 1.54) is 21.1 Å². The molecule has 0 spiro atoms. The predicted octanol–water partition coefficient (Wildman–Crippen LogP) is 2.97. The van der Waals surface area contributed by atoms with E-state index < -0.39 is 25.8 Å². The number of benzene rings is 2. The minimum atomic E-state index is -2.74. The molecule has 1 aliphatic rings. The van der Waals surface area contributed by atoms with Gasteiger partial charge in [0.2, 0.25) is 0 Å². The number of aryl methyl sites for hydroxylation is 1. The summed E-state index contributed by atoms with van der Waals surface area (Å²) >= 11 is 0. The van der Waals surface area contributed by atoms with Gasteiger partial charge in [-0.05, 0) is 22.3 Å². The number of H-pyrrole nitrogens is 1. The number of methoxy groups -OCH3 is 1. The molecule has 2 aromatic carbocycles. The summed E-state index contributed by atoms with van der Waals surface area (Å²) in [5.41, 5.74) is -0.478. The minimum Gasteiger partial charge on any atom is -0.405 e. The summed E-state index contributed by atoms with van der Waals surface area (Å²) in [6.07, 6.45) is 0.193. The molecule has 3 aromatic rings. The lowest BCUT2D eigenvalue weighted by molar-refractivity contribution is -0.0611. The highest BCUT2D eigenvalue weighted by molar-refractivity contribution is 6.99. The molecule has 1 fully saturated rings. The Labute approximate surface area is 213 Å². The zero-order chi connectivity index (χ0) is 26.1. The van der Waals surface area contributed by atoms with E-state index in [-0.39, 0.29) is 23.2 Å². The predicted molar refractivity (Wildman–Crippen MR) is 144 cm³/mol. The van der Waals surface area contributed by atoms with Gasteiger partial charge in [0.1, 0.15) is 6.10 Å². The van der Waals surface area contributed by atoms with Crippen LogP contribution < -0.4 is 21.6 Å². The van der Waals surface area contributed by atoms with Gasteiger partial charge in [0.05, 0.1) is 12.7 Å². The maximum atomic E-state index is 12.6. The first kappa shape index (κ1) is 26.3. The van der Waals surface area contributed by atoms with Crippen molar-refractivity contribution in [1.82, 2.24) is 9.55 Å². The van der Waals surface area contributed by atoms with Gasteiger partial charge < -0.3 is 13.9 Å². The molecule has 0 amide bonds. The molecule has 4 rings (SSSR count). The lowest BCUT2D eigenvalue weighted by Crippen LogP contribution is -2.67. The van der Waals surface area contributed by atoms with Crippen LogP contribution in [0.3, 0.4) is 0 Å². The normalized spacial score (nSPS) is 22.6. The zero-order valence-electron chi connectivity index (χ0n) is 21.9. The molecule has 1 N–H and O–H groups in total. The third-order valence-corrected chi connectivity index (χ3v) is 12.3. The third-order valence-electron chi connectivity index (χ3n) is 7.27. The van der Waals surface area contributed by atoms with E-state index in [9.17, 15) is 9.59 Å². The summed E-state index contributed by atoms with van der Waals surface area (Å²) in [7, 11) is -1.13. The maximum Gasteiger partial charge on any atom is 0.330 e. The van der Waals surface area contributed by atoms with Crippen LogP contribution in [0.25, 0.3) is 0 Å². The Morgan fingerprint density at radius 1 is 1.00 bits per heavy atom. The number of nitrogens with one attached hydrogen (secondary N) is 1. The van der Waals surface area contributed by atoms with Crippen molar-refractivity contribution in [3.63, 3.8) is 0 Å². The molecule has 7 nitrogen and oxygen atoms in total. The lowest BCUT2D eigenvalue weighted by Gasteiger charge is -2.43. The number of rotatable bonds is 7. The van der Waals surface area contributed by atoms with Gasteiger partial charge in [-0.1, -0.05) is 88.4 Å². The Bertz CT molecular complexity index is 1240. The van der Waals surface area contributed by atoms with E-state index in [1.807, 2.05) is 12.1 Å². The van der Waals surface area contributed by atoms with Crippen LogP contribution in [0.1, 0.15) is 39.5 Å². The molecular weight excluding hydrogens is 472 g/mol. The van der Waals surface area contributed by atoms with Crippen molar-refractivity contribution in [1.29, 1.82) is 0 Å². The maximum absolute atomic E-state index is 12.6. The van der Waals surface area contributed by atoms with E-state index in [4.69, 9.17) is 13.9 Å². The fraction of sp³-hybridized carbons (Fsp3) is 0.429. The highest BCUT2D eigenvalue weighted by atomic mass is 28.4. The Hall–Kier alpha value is -2.78. The van der Waals surface area contributed by atoms with Gasteiger partial charge in [0, 0.05) is 24.8 Å². The second-order valence-electron chi connectivity index (χ2n) is 10.6. The van der Waals surface area contributed by atoms with Crippen molar-refractivity contribution in [2.75, 3.05) is 13.7 Å². The molecule has 0 aliphatic carbocycles. The molecule has 192 valence electrons. The molecule has 2 heterocycles. The molecular formula is C28H36N2O5Si. The van der Waals surface area contributed by atoms with Crippen molar-refractivity contribution in [2.45, 2.75) is 58.1 Å². The monoisotopic (exact) mass is 508 g/mol. The summed E-state index contributed by atoms with van der Waals surface area (Å²) in [5, 5.41) is 2.23. The summed E-state index contributed by atoms with van der Waals surface area (Å²) < 4.78 is 20.7. The fourth-order valence-corrected chi connectivity index (χ4v) is 9.91. The second-order valence-corrected chi connectivity index (χ2v) is 14.9. The highest BCUT2D eigenvalue weighted by Gasteiger charge is 2.52. The topological polar surface area (TPSA) is 82.6 Å². The van der Waals surface area contributed by atoms with Crippen LogP contribution in [0.5, 0.6) is 0 Å². The van der Waals surface area contributed by atoms with Crippen LogP contribution in [0.2, 0.25) is 5.04 Å². The van der Waals surface area contributed by atoms with Crippen molar-refractivity contribution in [3.05, 3.63) is 93.3 Å². The average molecular weight is 509 g/mol. The largest absolute Gasteiger partial charge is 0.405 e. The van der Waals surface area contributed by atoms with Gasteiger partial charge in [-0.3, -0.25) is 14.3 Å². The van der Waals surface area contributed by atoms with E-state index >= 15 is 0 Å². The minimum absolute atomic E-state index is 0.0441. The third kappa shape index (κ3) is 4.66.